The minimum atomic E-state index is -0.549. The van der Waals surface area contributed by atoms with Crippen molar-refractivity contribution in [1.82, 2.24) is 10.6 Å². The van der Waals surface area contributed by atoms with Crippen LogP contribution in [0.1, 0.15) is 69.7 Å². The van der Waals surface area contributed by atoms with Gasteiger partial charge in [-0.15, -0.1) is 0 Å². The molecule has 0 radical (unpaired) electrons. The third-order valence-electron chi connectivity index (χ3n) is 8.36. The van der Waals surface area contributed by atoms with Crippen LogP contribution in [0.3, 0.4) is 0 Å². The van der Waals surface area contributed by atoms with Gasteiger partial charge < -0.3 is 20.0 Å². The molecule has 1 atom stereocenters. The molecule has 0 saturated carbocycles. The molecule has 2 N–H and O–H groups in total. The van der Waals surface area contributed by atoms with Gasteiger partial charge >= 0.3 is 0 Å². The van der Waals surface area contributed by atoms with Crippen molar-refractivity contribution in [3.63, 3.8) is 0 Å². The Bertz CT molecular complexity index is 1530. The van der Waals surface area contributed by atoms with Gasteiger partial charge in [-0.3, -0.25) is 9.59 Å². The van der Waals surface area contributed by atoms with Gasteiger partial charge in [-0.05, 0) is 84.7 Å². The lowest BCUT2D eigenvalue weighted by atomic mass is 9.80. The summed E-state index contributed by atoms with van der Waals surface area (Å²) in [5.74, 6) is 0.0931. The van der Waals surface area contributed by atoms with Crippen molar-refractivity contribution >= 4 is 40.7 Å². The van der Waals surface area contributed by atoms with Gasteiger partial charge in [0.05, 0.1) is 21.8 Å². The predicted molar refractivity (Wildman–Crippen MR) is 169 cm³/mol. The Morgan fingerprint density at radius 3 is 2.33 bits per heavy atom. The maximum absolute atomic E-state index is 13.2. The van der Waals surface area contributed by atoms with Gasteiger partial charge in [0.25, 0.3) is 11.8 Å². The van der Waals surface area contributed by atoms with E-state index < -0.39 is 5.54 Å². The van der Waals surface area contributed by atoms with Gasteiger partial charge in [0.1, 0.15) is 0 Å². The first kappa shape index (κ1) is 29.7. The molecule has 4 aromatic rings. The molecular formula is C34H35Cl2N3O3. The zero-order valence-electron chi connectivity index (χ0n) is 23.8. The minimum Gasteiger partial charge on any atom is -0.459 e. The molecule has 0 bridgehead atoms. The van der Waals surface area contributed by atoms with Crippen molar-refractivity contribution < 1.29 is 14.0 Å². The molecule has 1 aromatic heterocycles. The zero-order chi connectivity index (χ0) is 29.7. The normalized spacial score (nSPS) is 15.2. The molecule has 1 unspecified atom stereocenters. The zero-order valence-corrected chi connectivity index (χ0v) is 25.3. The van der Waals surface area contributed by atoms with E-state index >= 15 is 0 Å². The highest BCUT2D eigenvalue weighted by atomic mass is 35.5. The summed E-state index contributed by atoms with van der Waals surface area (Å²) in [6.07, 6.45) is 4.43. The molecule has 218 valence electrons. The number of hydrogen-bond donors (Lipinski definition) is 2. The number of nitrogens with one attached hydrogen (secondary N) is 2. The maximum Gasteiger partial charge on any atom is 0.287 e. The van der Waals surface area contributed by atoms with Crippen LogP contribution in [0.15, 0.2) is 89.5 Å². The number of carbonyl (C=O) groups is 2. The Morgan fingerprint density at radius 2 is 1.69 bits per heavy atom. The summed E-state index contributed by atoms with van der Waals surface area (Å²) >= 11 is 12.6. The monoisotopic (exact) mass is 603 g/mol. The molecule has 8 heteroatoms. The average Bonchev–Trinajstić information content (AvgIpc) is 3.57. The molecule has 5 rings (SSSR count). The first-order chi connectivity index (χ1) is 20.3. The number of carbonyl (C=O) groups excluding carboxylic acids is 2. The third-order valence-corrected chi connectivity index (χ3v) is 9.10. The molecule has 6 nitrogen and oxygen atoms in total. The second-order valence-corrected chi connectivity index (χ2v) is 11.5. The summed E-state index contributed by atoms with van der Waals surface area (Å²) in [6.45, 7) is 3.54. The molecule has 2 amide bonds. The fraction of sp³-hybridized carbons (Fsp3) is 0.294. The van der Waals surface area contributed by atoms with Crippen LogP contribution >= 0.6 is 23.2 Å². The summed E-state index contributed by atoms with van der Waals surface area (Å²) in [7, 11) is 1.66. The largest absolute Gasteiger partial charge is 0.459 e. The minimum absolute atomic E-state index is 0.114. The number of furan rings is 1. The number of benzene rings is 3. The molecule has 1 fully saturated rings. The molecule has 2 heterocycles. The molecule has 3 aromatic carbocycles. The van der Waals surface area contributed by atoms with E-state index in [1.807, 2.05) is 48.5 Å². The van der Waals surface area contributed by atoms with Gasteiger partial charge in [0, 0.05) is 31.4 Å². The molecule has 0 aliphatic carbocycles. The lowest BCUT2D eigenvalue weighted by Gasteiger charge is -2.44. The number of rotatable bonds is 9. The van der Waals surface area contributed by atoms with E-state index in [1.165, 1.54) is 6.26 Å². The van der Waals surface area contributed by atoms with E-state index in [0.29, 0.717) is 53.7 Å². The van der Waals surface area contributed by atoms with Gasteiger partial charge in [-0.2, -0.15) is 0 Å². The summed E-state index contributed by atoms with van der Waals surface area (Å²) in [5, 5.41) is 7.17. The topological polar surface area (TPSA) is 74.6 Å². The number of piperidine rings is 1. The van der Waals surface area contributed by atoms with Crippen LogP contribution < -0.4 is 15.5 Å². The van der Waals surface area contributed by atoms with Crippen molar-refractivity contribution in [2.45, 2.75) is 44.1 Å². The highest BCUT2D eigenvalue weighted by molar-refractivity contribution is 6.42. The van der Waals surface area contributed by atoms with Crippen LogP contribution in [0, 0.1) is 0 Å². The van der Waals surface area contributed by atoms with Crippen molar-refractivity contribution in [2.24, 2.45) is 0 Å². The number of nitrogens with zero attached hydrogens (tertiary/aromatic N) is 1. The van der Waals surface area contributed by atoms with Crippen molar-refractivity contribution in [2.75, 3.05) is 25.0 Å². The number of anilines is 1. The number of halogens is 2. The predicted octanol–water partition coefficient (Wildman–Crippen LogP) is 7.61. The summed E-state index contributed by atoms with van der Waals surface area (Å²) in [6, 6.07) is 25.2. The SMILES string of the molecule is CCC(Cc1c(C(=O)NC)cccc1N1CCC(NC(=O)c2ccco2)(c2ccccc2)CC1)c1ccc(Cl)c(Cl)c1. The first-order valence-electron chi connectivity index (χ1n) is 14.3. The first-order valence-corrected chi connectivity index (χ1v) is 15.1. The van der Waals surface area contributed by atoms with E-state index in [1.54, 1.807) is 19.2 Å². The average molecular weight is 605 g/mol. The van der Waals surface area contributed by atoms with Crippen LogP contribution in [-0.2, 0) is 12.0 Å². The molecule has 0 spiro atoms. The number of amides is 2. The van der Waals surface area contributed by atoms with Gasteiger partial charge in [-0.1, -0.05) is 72.6 Å². The van der Waals surface area contributed by atoms with Crippen molar-refractivity contribution in [3.05, 3.63) is 123 Å². The Kier molecular flexibility index (Phi) is 9.24. The van der Waals surface area contributed by atoms with E-state index in [2.05, 4.69) is 40.7 Å². The van der Waals surface area contributed by atoms with Crippen molar-refractivity contribution in [3.8, 4) is 0 Å². The van der Waals surface area contributed by atoms with E-state index in [0.717, 1.165) is 28.8 Å². The number of hydrogen-bond acceptors (Lipinski definition) is 4. The summed E-state index contributed by atoms with van der Waals surface area (Å²) in [4.78, 5) is 28.6. The Labute approximate surface area is 257 Å². The molecule has 1 saturated heterocycles. The van der Waals surface area contributed by atoms with Gasteiger partial charge in [0.15, 0.2) is 5.76 Å². The molecule has 1 aliphatic heterocycles. The lowest BCUT2D eigenvalue weighted by Crippen LogP contribution is -2.53. The fourth-order valence-electron chi connectivity index (χ4n) is 6.00. The van der Waals surface area contributed by atoms with Crippen molar-refractivity contribution in [1.29, 1.82) is 0 Å². The molecule has 1 aliphatic rings. The Morgan fingerprint density at radius 1 is 0.929 bits per heavy atom. The summed E-state index contributed by atoms with van der Waals surface area (Å²) < 4.78 is 5.39. The van der Waals surface area contributed by atoms with Crippen LogP contribution in [0.4, 0.5) is 5.69 Å². The standard InChI is InChI=1S/C34H35Cl2N3O3/c1-3-23(24-14-15-28(35)29(36)22-24)21-27-26(32(40)37-2)11-7-12-30(27)39-18-16-34(17-19-39,25-9-5-4-6-10-25)38-33(41)31-13-8-20-42-31/h4-15,20,22-23H,3,16-19,21H2,1-2H3,(H,37,40)(H,38,41). The summed E-state index contributed by atoms with van der Waals surface area (Å²) in [5.41, 5.74) is 4.31. The second kappa shape index (κ2) is 13.1. The Balaban J connectivity index is 1.46. The van der Waals surface area contributed by atoms with Crippen LogP contribution in [0.2, 0.25) is 10.0 Å². The van der Waals surface area contributed by atoms with Crippen LogP contribution in [-0.4, -0.2) is 32.0 Å². The van der Waals surface area contributed by atoms with Crippen LogP contribution in [0.25, 0.3) is 0 Å². The highest BCUT2D eigenvalue weighted by Gasteiger charge is 2.39. The van der Waals surface area contributed by atoms with Gasteiger partial charge in [-0.25, -0.2) is 0 Å². The van der Waals surface area contributed by atoms with E-state index in [9.17, 15) is 9.59 Å². The van der Waals surface area contributed by atoms with Crippen LogP contribution in [0.5, 0.6) is 0 Å². The quantitative estimate of drug-likeness (QED) is 0.206. The smallest absolute Gasteiger partial charge is 0.287 e. The third kappa shape index (κ3) is 6.20. The van der Waals surface area contributed by atoms with E-state index in [-0.39, 0.29) is 17.7 Å². The molecular weight excluding hydrogens is 569 g/mol. The maximum atomic E-state index is 13.2. The van der Waals surface area contributed by atoms with Gasteiger partial charge in [0.2, 0.25) is 0 Å². The van der Waals surface area contributed by atoms with E-state index in [4.69, 9.17) is 27.6 Å². The highest BCUT2D eigenvalue weighted by Crippen LogP contribution is 2.39. The molecule has 42 heavy (non-hydrogen) atoms. The second-order valence-electron chi connectivity index (χ2n) is 10.7. The Hall–Kier alpha value is -3.74. The fourth-order valence-corrected chi connectivity index (χ4v) is 6.31. The lowest BCUT2D eigenvalue weighted by molar-refractivity contribution is 0.0848.